The molecule has 0 aliphatic heterocycles. The van der Waals surface area contributed by atoms with Crippen LogP contribution in [0.4, 0.5) is 0 Å². The van der Waals surface area contributed by atoms with E-state index in [9.17, 15) is 9.59 Å². The van der Waals surface area contributed by atoms with Crippen LogP contribution in [0.25, 0.3) is 16.6 Å². The Kier molecular flexibility index (Phi) is 5.42. The van der Waals surface area contributed by atoms with Gasteiger partial charge in [0.1, 0.15) is 5.25 Å². The Balaban J connectivity index is 1.97. The lowest BCUT2D eigenvalue weighted by Gasteiger charge is -2.19. The number of amides is 1. The van der Waals surface area contributed by atoms with Crippen molar-refractivity contribution in [1.29, 1.82) is 0 Å². The van der Waals surface area contributed by atoms with Crippen molar-refractivity contribution in [2.45, 2.75) is 24.3 Å². The number of carbonyl (C=O) groups excluding carboxylic acids is 1. The fourth-order valence-electron chi connectivity index (χ4n) is 3.41. The van der Waals surface area contributed by atoms with Gasteiger partial charge in [0, 0.05) is 0 Å². The highest BCUT2D eigenvalue weighted by molar-refractivity contribution is 8.00. The number of carbonyl (C=O) groups is 1. The number of benzene rings is 3. The fourth-order valence-corrected chi connectivity index (χ4v) is 4.46. The van der Waals surface area contributed by atoms with Crippen molar-refractivity contribution < 1.29 is 4.79 Å². The molecule has 0 bridgehead atoms. The molecule has 6 heteroatoms. The minimum Gasteiger partial charge on any atom is -0.368 e. The van der Waals surface area contributed by atoms with Crippen LogP contribution in [0.15, 0.2) is 82.7 Å². The van der Waals surface area contributed by atoms with Gasteiger partial charge in [0.25, 0.3) is 5.56 Å². The van der Waals surface area contributed by atoms with Crippen molar-refractivity contribution in [3.8, 4) is 5.69 Å². The largest absolute Gasteiger partial charge is 0.368 e. The van der Waals surface area contributed by atoms with Gasteiger partial charge in [-0.15, -0.1) is 0 Å². The van der Waals surface area contributed by atoms with E-state index in [1.807, 2.05) is 74.5 Å². The molecule has 1 atom stereocenters. The summed E-state index contributed by atoms with van der Waals surface area (Å²) in [5, 5.41) is 0.286. The lowest BCUT2D eigenvalue weighted by Crippen LogP contribution is -2.25. The topological polar surface area (TPSA) is 78.0 Å². The molecule has 5 nitrogen and oxygen atoms in total. The van der Waals surface area contributed by atoms with Crippen molar-refractivity contribution in [1.82, 2.24) is 9.55 Å². The number of nitrogens with two attached hydrogens (primary N) is 1. The molecule has 0 spiro atoms. The summed E-state index contributed by atoms with van der Waals surface area (Å²) < 4.78 is 1.59. The summed E-state index contributed by atoms with van der Waals surface area (Å²) in [4.78, 5) is 30.6. The maximum atomic E-state index is 13.5. The van der Waals surface area contributed by atoms with E-state index in [1.165, 1.54) is 11.8 Å². The summed E-state index contributed by atoms with van der Waals surface area (Å²) in [6, 6.07) is 22.3. The number of fused-ring (bicyclic) bond motifs is 1. The summed E-state index contributed by atoms with van der Waals surface area (Å²) in [5.41, 5.74) is 9.71. The molecule has 30 heavy (non-hydrogen) atoms. The molecule has 1 amide bonds. The molecule has 0 saturated carbocycles. The summed E-state index contributed by atoms with van der Waals surface area (Å²) in [6.45, 7) is 3.98. The van der Waals surface area contributed by atoms with Gasteiger partial charge in [-0.25, -0.2) is 4.98 Å². The number of primary amides is 1. The third-order valence-electron chi connectivity index (χ3n) is 5.15. The molecule has 0 aliphatic carbocycles. The summed E-state index contributed by atoms with van der Waals surface area (Å²) in [6.07, 6.45) is 0. The molecule has 3 aromatic carbocycles. The van der Waals surface area contributed by atoms with E-state index in [2.05, 4.69) is 0 Å². The smallest absolute Gasteiger partial charge is 0.266 e. The van der Waals surface area contributed by atoms with Gasteiger partial charge in [0.05, 0.1) is 16.6 Å². The van der Waals surface area contributed by atoms with Crippen molar-refractivity contribution in [3.63, 3.8) is 0 Å². The Morgan fingerprint density at radius 1 is 0.967 bits per heavy atom. The normalized spacial score (nSPS) is 12.1. The maximum absolute atomic E-state index is 13.5. The molecule has 0 aliphatic rings. The van der Waals surface area contributed by atoms with E-state index < -0.39 is 11.2 Å². The molecule has 0 fully saturated rings. The van der Waals surface area contributed by atoms with Gasteiger partial charge in [-0.05, 0) is 48.7 Å². The second kappa shape index (κ2) is 8.16. The third kappa shape index (κ3) is 3.62. The number of aryl methyl sites for hydroxylation is 1. The molecule has 1 aromatic heterocycles. The molecule has 1 unspecified atom stereocenters. The summed E-state index contributed by atoms with van der Waals surface area (Å²) in [5.74, 6) is -0.485. The Bertz CT molecular complexity index is 1300. The average Bonchev–Trinajstić information content (AvgIpc) is 2.75. The first-order chi connectivity index (χ1) is 14.5. The lowest BCUT2D eigenvalue weighted by molar-refractivity contribution is -0.117. The summed E-state index contributed by atoms with van der Waals surface area (Å²) >= 11 is 1.19. The van der Waals surface area contributed by atoms with Gasteiger partial charge >= 0.3 is 0 Å². The zero-order valence-electron chi connectivity index (χ0n) is 16.7. The molecular weight excluding hydrogens is 394 g/mol. The van der Waals surface area contributed by atoms with Gasteiger partial charge in [0.2, 0.25) is 5.91 Å². The molecule has 0 radical (unpaired) electrons. The van der Waals surface area contributed by atoms with Gasteiger partial charge in [0.15, 0.2) is 5.16 Å². The molecule has 2 N–H and O–H groups in total. The van der Waals surface area contributed by atoms with E-state index in [1.54, 1.807) is 16.7 Å². The Hall–Kier alpha value is -3.38. The van der Waals surface area contributed by atoms with Crippen molar-refractivity contribution in [3.05, 3.63) is 99.8 Å². The number of thioether (sulfide) groups is 1. The van der Waals surface area contributed by atoms with E-state index in [-0.39, 0.29) is 5.56 Å². The highest BCUT2D eigenvalue weighted by Crippen LogP contribution is 2.35. The molecule has 4 aromatic rings. The average molecular weight is 416 g/mol. The minimum atomic E-state index is -0.671. The van der Waals surface area contributed by atoms with Crippen molar-refractivity contribution in [2.75, 3.05) is 0 Å². The van der Waals surface area contributed by atoms with Gasteiger partial charge < -0.3 is 5.73 Å². The van der Waals surface area contributed by atoms with Crippen LogP contribution in [0, 0.1) is 13.8 Å². The number of hydrogen-bond acceptors (Lipinski definition) is 4. The van der Waals surface area contributed by atoms with Gasteiger partial charge in [-0.2, -0.15) is 0 Å². The first-order valence-corrected chi connectivity index (χ1v) is 10.4. The zero-order chi connectivity index (χ0) is 21.3. The monoisotopic (exact) mass is 415 g/mol. The second-order valence-electron chi connectivity index (χ2n) is 7.08. The van der Waals surface area contributed by atoms with Gasteiger partial charge in [-0.1, -0.05) is 66.4 Å². The Labute approximate surface area is 178 Å². The number of para-hydroxylation sites is 1. The number of hydrogen-bond donors (Lipinski definition) is 1. The van der Waals surface area contributed by atoms with Crippen LogP contribution < -0.4 is 11.3 Å². The predicted molar refractivity (Wildman–Crippen MR) is 121 cm³/mol. The zero-order valence-corrected chi connectivity index (χ0v) is 17.5. The minimum absolute atomic E-state index is 0.173. The second-order valence-corrected chi connectivity index (χ2v) is 8.15. The Morgan fingerprint density at radius 3 is 2.40 bits per heavy atom. The van der Waals surface area contributed by atoms with Crippen LogP contribution in [-0.4, -0.2) is 15.5 Å². The predicted octanol–water partition coefficient (Wildman–Crippen LogP) is 4.32. The van der Waals surface area contributed by atoms with Crippen LogP contribution in [0.1, 0.15) is 21.9 Å². The number of aromatic nitrogens is 2. The Morgan fingerprint density at radius 2 is 1.67 bits per heavy atom. The number of rotatable bonds is 5. The first-order valence-electron chi connectivity index (χ1n) is 9.56. The molecule has 4 rings (SSSR count). The molecule has 1 heterocycles. The molecular formula is C24H21N3O2S. The van der Waals surface area contributed by atoms with Crippen LogP contribution in [-0.2, 0) is 4.79 Å². The van der Waals surface area contributed by atoms with Crippen LogP contribution >= 0.6 is 11.8 Å². The SMILES string of the molecule is Cc1cccc(-n2c(SC(C(N)=O)c3ccccc3)nc3ccccc3c2=O)c1C. The summed E-state index contributed by atoms with van der Waals surface area (Å²) in [7, 11) is 0. The standard InChI is InChI=1S/C24H21N3O2S/c1-15-9-8-14-20(16(15)2)27-23(29)18-12-6-7-13-19(18)26-24(27)30-21(22(25)28)17-10-4-3-5-11-17/h3-14,21H,1-2H3,(H2,25,28). The van der Waals surface area contributed by atoms with Gasteiger partial charge in [-0.3, -0.25) is 14.2 Å². The lowest BCUT2D eigenvalue weighted by atomic mass is 10.1. The highest BCUT2D eigenvalue weighted by atomic mass is 32.2. The van der Waals surface area contributed by atoms with E-state index >= 15 is 0 Å². The van der Waals surface area contributed by atoms with Crippen LogP contribution in [0.2, 0.25) is 0 Å². The molecule has 150 valence electrons. The number of nitrogens with zero attached hydrogens (tertiary/aromatic N) is 2. The van der Waals surface area contributed by atoms with Crippen LogP contribution in [0.5, 0.6) is 0 Å². The first kappa shape index (κ1) is 19.9. The van der Waals surface area contributed by atoms with Crippen molar-refractivity contribution in [2.24, 2.45) is 5.73 Å². The van der Waals surface area contributed by atoms with E-state index in [4.69, 9.17) is 10.7 Å². The van der Waals surface area contributed by atoms with E-state index in [0.29, 0.717) is 16.1 Å². The fraction of sp³-hybridized carbons (Fsp3) is 0.125. The highest BCUT2D eigenvalue weighted by Gasteiger charge is 2.24. The molecule has 0 saturated heterocycles. The maximum Gasteiger partial charge on any atom is 0.266 e. The van der Waals surface area contributed by atoms with Crippen LogP contribution in [0.3, 0.4) is 0 Å². The quantitative estimate of drug-likeness (QED) is 0.389. The van der Waals surface area contributed by atoms with E-state index in [0.717, 1.165) is 22.4 Å². The third-order valence-corrected chi connectivity index (χ3v) is 6.37. The van der Waals surface area contributed by atoms with Crippen molar-refractivity contribution >= 4 is 28.6 Å².